The van der Waals surface area contributed by atoms with Crippen LogP contribution < -0.4 is 0 Å². The summed E-state index contributed by atoms with van der Waals surface area (Å²) >= 11 is 0. The van der Waals surface area contributed by atoms with Crippen molar-refractivity contribution in [2.45, 2.75) is 13.3 Å². The second-order valence-electron chi connectivity index (χ2n) is 2.23. The van der Waals surface area contributed by atoms with E-state index in [-0.39, 0.29) is 5.97 Å². The van der Waals surface area contributed by atoms with Crippen LogP contribution in [0, 0.1) is 0 Å². The molecule has 0 amide bonds. The average molecular weight is 166 g/mol. The minimum Gasteiger partial charge on any atom is -0.465 e. The van der Waals surface area contributed by atoms with Gasteiger partial charge in [0.2, 0.25) is 0 Å². The van der Waals surface area contributed by atoms with Gasteiger partial charge < -0.3 is 4.74 Å². The summed E-state index contributed by atoms with van der Waals surface area (Å²) in [5, 5.41) is 0. The maximum Gasteiger partial charge on any atom is 0.341 e. The summed E-state index contributed by atoms with van der Waals surface area (Å²) in [6.45, 7) is 1.93. The number of methoxy groups -OCH3 is 1. The van der Waals surface area contributed by atoms with Crippen LogP contribution >= 0.6 is 0 Å². The number of rotatable bonds is 2. The minimum absolute atomic E-state index is 0.382. The predicted molar refractivity (Wildman–Crippen MR) is 42.7 cm³/mol. The van der Waals surface area contributed by atoms with E-state index < -0.39 is 0 Å². The van der Waals surface area contributed by atoms with Crippen molar-refractivity contribution in [1.29, 1.82) is 0 Å². The van der Waals surface area contributed by atoms with Gasteiger partial charge in [0.1, 0.15) is 6.33 Å². The summed E-state index contributed by atoms with van der Waals surface area (Å²) in [6, 6.07) is 0. The summed E-state index contributed by atoms with van der Waals surface area (Å²) in [5.41, 5.74) is 1.17. The molecule has 0 aliphatic rings. The molecule has 64 valence electrons. The van der Waals surface area contributed by atoms with Crippen LogP contribution in [-0.2, 0) is 11.2 Å². The van der Waals surface area contributed by atoms with E-state index in [1.54, 1.807) is 0 Å². The lowest BCUT2D eigenvalue weighted by atomic mass is 10.2. The lowest BCUT2D eigenvalue weighted by molar-refractivity contribution is 0.0598. The summed E-state index contributed by atoms with van der Waals surface area (Å²) in [4.78, 5) is 18.8. The third kappa shape index (κ3) is 1.58. The minimum atomic E-state index is -0.382. The van der Waals surface area contributed by atoms with Gasteiger partial charge in [-0.2, -0.15) is 0 Å². The van der Waals surface area contributed by atoms with Crippen molar-refractivity contribution in [3.63, 3.8) is 0 Å². The van der Waals surface area contributed by atoms with Gasteiger partial charge in [-0.3, -0.25) is 0 Å². The largest absolute Gasteiger partial charge is 0.465 e. The Morgan fingerprint density at radius 1 is 1.67 bits per heavy atom. The van der Waals surface area contributed by atoms with Gasteiger partial charge >= 0.3 is 5.97 Å². The standard InChI is InChI=1S/C8H10N2O2/c1-3-7-6(8(11)12-2)4-9-5-10-7/h4-5H,3H2,1-2H3. The van der Waals surface area contributed by atoms with Crippen molar-refractivity contribution in [2.24, 2.45) is 0 Å². The van der Waals surface area contributed by atoms with E-state index in [2.05, 4.69) is 14.7 Å². The Hall–Kier alpha value is -1.45. The van der Waals surface area contributed by atoms with Gasteiger partial charge in [-0.25, -0.2) is 14.8 Å². The zero-order valence-electron chi connectivity index (χ0n) is 7.07. The van der Waals surface area contributed by atoms with E-state index in [9.17, 15) is 4.79 Å². The normalized spacial score (nSPS) is 9.50. The maximum atomic E-state index is 11.1. The molecule has 1 heterocycles. The highest BCUT2D eigenvalue weighted by atomic mass is 16.5. The third-order valence-electron chi connectivity index (χ3n) is 1.53. The van der Waals surface area contributed by atoms with E-state index in [0.717, 1.165) is 5.69 Å². The molecule has 1 aromatic heterocycles. The van der Waals surface area contributed by atoms with Crippen molar-refractivity contribution in [1.82, 2.24) is 9.97 Å². The first-order valence-corrected chi connectivity index (χ1v) is 3.66. The molecule has 0 bridgehead atoms. The Balaban J connectivity index is 3.04. The smallest absolute Gasteiger partial charge is 0.341 e. The first kappa shape index (κ1) is 8.64. The van der Waals surface area contributed by atoms with Crippen LogP contribution in [-0.4, -0.2) is 23.0 Å². The molecule has 0 aliphatic carbocycles. The van der Waals surface area contributed by atoms with Crippen molar-refractivity contribution < 1.29 is 9.53 Å². The van der Waals surface area contributed by atoms with E-state index in [1.807, 2.05) is 6.92 Å². The summed E-state index contributed by atoms with van der Waals surface area (Å²) in [5.74, 6) is -0.382. The van der Waals surface area contributed by atoms with Crippen LogP contribution in [0.2, 0.25) is 0 Å². The lowest BCUT2D eigenvalue weighted by Gasteiger charge is -2.02. The molecule has 1 rings (SSSR count). The highest BCUT2D eigenvalue weighted by Crippen LogP contribution is 2.05. The Morgan fingerprint density at radius 2 is 2.42 bits per heavy atom. The van der Waals surface area contributed by atoms with Gasteiger partial charge in [0, 0.05) is 6.20 Å². The highest BCUT2D eigenvalue weighted by Gasteiger charge is 2.10. The number of carbonyl (C=O) groups excluding carboxylic acids is 1. The lowest BCUT2D eigenvalue weighted by Crippen LogP contribution is -2.07. The Labute approximate surface area is 70.6 Å². The predicted octanol–water partition coefficient (Wildman–Crippen LogP) is 0.826. The van der Waals surface area contributed by atoms with Crippen molar-refractivity contribution in [3.8, 4) is 0 Å². The highest BCUT2D eigenvalue weighted by molar-refractivity contribution is 5.90. The number of aromatic nitrogens is 2. The van der Waals surface area contributed by atoms with Crippen LogP contribution in [0.3, 0.4) is 0 Å². The molecule has 0 saturated heterocycles. The van der Waals surface area contributed by atoms with Crippen molar-refractivity contribution >= 4 is 5.97 Å². The molecule has 4 heteroatoms. The summed E-state index contributed by atoms with van der Waals surface area (Å²) in [6.07, 6.45) is 3.59. The van der Waals surface area contributed by atoms with Gasteiger partial charge in [-0.15, -0.1) is 0 Å². The molecular formula is C8H10N2O2. The zero-order chi connectivity index (χ0) is 8.97. The van der Waals surface area contributed by atoms with Crippen LogP contribution in [0.1, 0.15) is 23.0 Å². The zero-order valence-corrected chi connectivity index (χ0v) is 7.07. The van der Waals surface area contributed by atoms with Crippen LogP contribution in [0.25, 0.3) is 0 Å². The van der Waals surface area contributed by atoms with E-state index >= 15 is 0 Å². The fourth-order valence-electron chi connectivity index (χ4n) is 0.917. The molecule has 0 unspecified atom stereocenters. The second-order valence-corrected chi connectivity index (χ2v) is 2.23. The van der Waals surface area contributed by atoms with E-state index in [1.165, 1.54) is 19.6 Å². The Morgan fingerprint density at radius 3 is 3.00 bits per heavy atom. The number of hydrogen-bond donors (Lipinski definition) is 0. The van der Waals surface area contributed by atoms with Crippen molar-refractivity contribution in [2.75, 3.05) is 7.11 Å². The van der Waals surface area contributed by atoms with E-state index in [0.29, 0.717) is 12.0 Å². The molecule has 0 aromatic carbocycles. The topological polar surface area (TPSA) is 52.1 Å². The Kier molecular flexibility index (Phi) is 2.74. The van der Waals surface area contributed by atoms with E-state index in [4.69, 9.17) is 0 Å². The Bertz CT molecular complexity index is 286. The van der Waals surface area contributed by atoms with Gasteiger partial charge in [0.05, 0.1) is 18.4 Å². The van der Waals surface area contributed by atoms with Gasteiger partial charge in [0.15, 0.2) is 0 Å². The number of nitrogens with zero attached hydrogens (tertiary/aromatic N) is 2. The number of ether oxygens (including phenoxy) is 1. The fourth-order valence-corrected chi connectivity index (χ4v) is 0.917. The molecule has 0 radical (unpaired) electrons. The molecule has 0 N–H and O–H groups in total. The van der Waals surface area contributed by atoms with Crippen LogP contribution in [0.15, 0.2) is 12.5 Å². The molecule has 0 spiro atoms. The number of esters is 1. The molecule has 4 nitrogen and oxygen atoms in total. The van der Waals surface area contributed by atoms with Crippen molar-refractivity contribution in [3.05, 3.63) is 23.8 Å². The molecule has 0 fully saturated rings. The SMILES string of the molecule is CCc1ncncc1C(=O)OC. The molecule has 0 aliphatic heterocycles. The maximum absolute atomic E-state index is 11.1. The molecule has 1 aromatic rings. The van der Waals surface area contributed by atoms with Gasteiger partial charge in [-0.05, 0) is 6.42 Å². The quantitative estimate of drug-likeness (QED) is 0.610. The molecule has 0 saturated carbocycles. The molecule has 12 heavy (non-hydrogen) atoms. The average Bonchev–Trinajstić information content (AvgIpc) is 2.16. The van der Waals surface area contributed by atoms with Gasteiger partial charge in [0.25, 0.3) is 0 Å². The summed E-state index contributed by atoms with van der Waals surface area (Å²) < 4.78 is 4.56. The number of aryl methyl sites for hydroxylation is 1. The second kappa shape index (κ2) is 3.80. The molecule has 0 atom stereocenters. The monoisotopic (exact) mass is 166 g/mol. The number of carbonyl (C=O) groups is 1. The fraction of sp³-hybridized carbons (Fsp3) is 0.375. The van der Waals surface area contributed by atoms with Crippen LogP contribution in [0.4, 0.5) is 0 Å². The summed E-state index contributed by atoms with van der Waals surface area (Å²) in [7, 11) is 1.34. The third-order valence-corrected chi connectivity index (χ3v) is 1.53. The first-order valence-electron chi connectivity index (χ1n) is 3.66. The molecular weight excluding hydrogens is 156 g/mol. The van der Waals surface area contributed by atoms with Crippen LogP contribution in [0.5, 0.6) is 0 Å². The van der Waals surface area contributed by atoms with Gasteiger partial charge in [-0.1, -0.05) is 6.92 Å². The number of hydrogen-bond acceptors (Lipinski definition) is 4. The first-order chi connectivity index (χ1) is 5.79.